The number of carbonyl (C=O) groups excluding carboxylic acids is 2. The minimum atomic E-state index is -0.436. The van der Waals surface area contributed by atoms with Crippen molar-refractivity contribution in [3.8, 4) is 5.75 Å². The lowest BCUT2D eigenvalue weighted by Crippen LogP contribution is -2.40. The highest BCUT2D eigenvalue weighted by Crippen LogP contribution is 2.11. The number of para-hydroxylation sites is 1. The second-order valence-corrected chi connectivity index (χ2v) is 6.42. The van der Waals surface area contributed by atoms with Crippen LogP contribution in [0.5, 0.6) is 5.75 Å². The third kappa shape index (κ3) is 5.41. The summed E-state index contributed by atoms with van der Waals surface area (Å²) in [5, 5.41) is 5.71. The van der Waals surface area contributed by atoms with E-state index in [1.54, 1.807) is 31.4 Å². The molecule has 8 heteroatoms. The average molecular weight is 394 g/mol. The highest BCUT2D eigenvalue weighted by molar-refractivity contribution is 5.84. The monoisotopic (exact) mass is 394 g/mol. The van der Waals surface area contributed by atoms with Crippen molar-refractivity contribution >= 4 is 22.7 Å². The summed E-state index contributed by atoms with van der Waals surface area (Å²) < 4.78 is 6.32. The standard InChI is InChI=1S/C21H22N4O4/c1-29-16-8-6-15(7-9-16)10-11-22-19(26)12-23-20(27)13-25-14-24-18-5-3-2-4-17(18)21(25)28/h2-9,14H,10-13H2,1H3,(H,22,26)(H,23,27). The first-order chi connectivity index (χ1) is 14.1. The smallest absolute Gasteiger partial charge is 0.261 e. The van der Waals surface area contributed by atoms with Crippen LogP contribution in [0.4, 0.5) is 0 Å². The van der Waals surface area contributed by atoms with Crippen molar-refractivity contribution in [3.05, 3.63) is 70.8 Å². The summed E-state index contributed by atoms with van der Waals surface area (Å²) in [6.45, 7) is 0.0993. The Balaban J connectivity index is 1.43. The molecule has 0 saturated carbocycles. The second-order valence-electron chi connectivity index (χ2n) is 6.42. The van der Waals surface area contributed by atoms with Crippen LogP contribution in [0.15, 0.2) is 59.7 Å². The number of carbonyl (C=O) groups is 2. The Kier molecular flexibility index (Phi) is 6.57. The van der Waals surface area contributed by atoms with Crippen molar-refractivity contribution in [1.29, 1.82) is 0 Å². The molecule has 0 aliphatic rings. The van der Waals surface area contributed by atoms with Crippen molar-refractivity contribution in [2.45, 2.75) is 13.0 Å². The summed E-state index contributed by atoms with van der Waals surface area (Å²) in [5.41, 5.74) is 1.35. The molecule has 0 unspecified atom stereocenters. The van der Waals surface area contributed by atoms with E-state index in [9.17, 15) is 14.4 Å². The van der Waals surface area contributed by atoms with E-state index >= 15 is 0 Å². The van der Waals surface area contributed by atoms with Gasteiger partial charge in [0.05, 0.1) is 30.9 Å². The molecule has 1 heterocycles. The lowest BCUT2D eigenvalue weighted by molar-refractivity contribution is -0.126. The van der Waals surface area contributed by atoms with Gasteiger partial charge in [-0.3, -0.25) is 19.0 Å². The molecule has 2 N–H and O–H groups in total. The van der Waals surface area contributed by atoms with Gasteiger partial charge in [0.2, 0.25) is 11.8 Å². The molecule has 0 spiro atoms. The minimum absolute atomic E-state index is 0.156. The molecule has 2 amide bonds. The van der Waals surface area contributed by atoms with Gasteiger partial charge in [0.1, 0.15) is 12.3 Å². The fourth-order valence-electron chi connectivity index (χ4n) is 2.81. The Morgan fingerprint density at radius 2 is 1.79 bits per heavy atom. The number of amides is 2. The third-order valence-corrected chi connectivity index (χ3v) is 4.39. The average Bonchev–Trinajstić information content (AvgIpc) is 2.75. The molecule has 0 bridgehead atoms. The number of aromatic nitrogens is 2. The van der Waals surface area contributed by atoms with Crippen LogP contribution in [-0.4, -0.2) is 41.6 Å². The van der Waals surface area contributed by atoms with E-state index in [2.05, 4.69) is 15.6 Å². The normalized spacial score (nSPS) is 10.5. The van der Waals surface area contributed by atoms with E-state index in [4.69, 9.17) is 4.74 Å². The largest absolute Gasteiger partial charge is 0.497 e. The number of methoxy groups -OCH3 is 1. The third-order valence-electron chi connectivity index (χ3n) is 4.39. The zero-order valence-electron chi connectivity index (χ0n) is 16.1. The van der Waals surface area contributed by atoms with Gasteiger partial charge >= 0.3 is 0 Å². The molecular weight excluding hydrogens is 372 g/mol. The molecular formula is C21H22N4O4. The number of benzene rings is 2. The number of fused-ring (bicyclic) bond motifs is 1. The molecule has 0 fully saturated rings. The Morgan fingerprint density at radius 3 is 2.55 bits per heavy atom. The van der Waals surface area contributed by atoms with Gasteiger partial charge in [0, 0.05) is 6.54 Å². The Morgan fingerprint density at radius 1 is 1.03 bits per heavy atom. The van der Waals surface area contributed by atoms with Crippen molar-refractivity contribution in [2.75, 3.05) is 20.2 Å². The summed E-state index contributed by atoms with van der Waals surface area (Å²) >= 11 is 0. The van der Waals surface area contributed by atoms with E-state index in [-0.39, 0.29) is 24.6 Å². The minimum Gasteiger partial charge on any atom is -0.497 e. The van der Waals surface area contributed by atoms with Gasteiger partial charge in [-0.05, 0) is 36.2 Å². The molecule has 150 valence electrons. The predicted molar refractivity (Wildman–Crippen MR) is 109 cm³/mol. The molecule has 0 aliphatic heterocycles. The van der Waals surface area contributed by atoms with Gasteiger partial charge < -0.3 is 15.4 Å². The zero-order valence-corrected chi connectivity index (χ0v) is 16.1. The van der Waals surface area contributed by atoms with Crippen LogP contribution in [0, 0.1) is 0 Å². The summed E-state index contributed by atoms with van der Waals surface area (Å²) in [6.07, 6.45) is 2.00. The SMILES string of the molecule is COc1ccc(CCNC(=O)CNC(=O)Cn2cnc3ccccc3c2=O)cc1. The topological polar surface area (TPSA) is 102 Å². The highest BCUT2D eigenvalue weighted by atomic mass is 16.5. The highest BCUT2D eigenvalue weighted by Gasteiger charge is 2.09. The molecule has 3 rings (SSSR count). The molecule has 29 heavy (non-hydrogen) atoms. The quantitative estimate of drug-likeness (QED) is 0.591. The van der Waals surface area contributed by atoms with Gasteiger partial charge in [0.25, 0.3) is 5.56 Å². The fraction of sp³-hybridized carbons (Fsp3) is 0.238. The van der Waals surface area contributed by atoms with Gasteiger partial charge in [-0.2, -0.15) is 0 Å². The first kappa shape index (κ1) is 20.1. The van der Waals surface area contributed by atoms with Crippen molar-refractivity contribution in [1.82, 2.24) is 20.2 Å². The summed E-state index contributed by atoms with van der Waals surface area (Å²) in [5.74, 6) is 0.0477. The van der Waals surface area contributed by atoms with Gasteiger partial charge in [-0.15, -0.1) is 0 Å². The van der Waals surface area contributed by atoms with Crippen LogP contribution in [0.2, 0.25) is 0 Å². The maximum Gasteiger partial charge on any atom is 0.261 e. The number of nitrogens with zero attached hydrogens (tertiary/aromatic N) is 2. The molecule has 0 saturated heterocycles. The molecule has 3 aromatic rings. The van der Waals surface area contributed by atoms with Gasteiger partial charge in [-0.1, -0.05) is 24.3 Å². The summed E-state index contributed by atoms with van der Waals surface area (Å²) in [6, 6.07) is 14.5. The molecule has 2 aromatic carbocycles. The van der Waals surface area contributed by atoms with Crippen LogP contribution >= 0.6 is 0 Å². The van der Waals surface area contributed by atoms with Crippen molar-refractivity contribution < 1.29 is 14.3 Å². The van der Waals surface area contributed by atoms with Gasteiger partial charge in [0.15, 0.2) is 0 Å². The molecule has 0 radical (unpaired) electrons. The van der Waals surface area contributed by atoms with Crippen LogP contribution in [0.3, 0.4) is 0 Å². The number of hydrogen-bond donors (Lipinski definition) is 2. The first-order valence-electron chi connectivity index (χ1n) is 9.17. The molecule has 8 nitrogen and oxygen atoms in total. The molecule has 0 aliphatic carbocycles. The van der Waals surface area contributed by atoms with Crippen LogP contribution in [0.25, 0.3) is 10.9 Å². The Hall–Kier alpha value is -3.68. The van der Waals surface area contributed by atoms with Crippen LogP contribution in [-0.2, 0) is 22.6 Å². The van der Waals surface area contributed by atoms with Crippen molar-refractivity contribution in [3.63, 3.8) is 0 Å². The van der Waals surface area contributed by atoms with E-state index in [1.165, 1.54) is 10.9 Å². The summed E-state index contributed by atoms with van der Waals surface area (Å²) in [4.78, 5) is 40.5. The Labute approximate surface area is 167 Å². The number of nitrogens with one attached hydrogen (secondary N) is 2. The molecule has 0 atom stereocenters. The lowest BCUT2D eigenvalue weighted by Gasteiger charge is -2.09. The molecule has 1 aromatic heterocycles. The van der Waals surface area contributed by atoms with Gasteiger partial charge in [-0.25, -0.2) is 4.98 Å². The number of hydrogen-bond acceptors (Lipinski definition) is 5. The van der Waals surface area contributed by atoms with Crippen LogP contribution in [0.1, 0.15) is 5.56 Å². The zero-order chi connectivity index (χ0) is 20.6. The first-order valence-corrected chi connectivity index (χ1v) is 9.17. The van der Waals surface area contributed by atoms with Crippen molar-refractivity contribution in [2.24, 2.45) is 0 Å². The maximum atomic E-state index is 12.4. The fourth-order valence-corrected chi connectivity index (χ4v) is 2.81. The lowest BCUT2D eigenvalue weighted by atomic mass is 10.1. The van der Waals surface area contributed by atoms with Crippen LogP contribution < -0.4 is 20.9 Å². The van der Waals surface area contributed by atoms with E-state index in [0.717, 1.165) is 11.3 Å². The number of ether oxygens (including phenoxy) is 1. The van der Waals surface area contributed by atoms with E-state index < -0.39 is 5.91 Å². The second kappa shape index (κ2) is 9.50. The summed E-state index contributed by atoms with van der Waals surface area (Å²) in [7, 11) is 1.61. The maximum absolute atomic E-state index is 12.4. The number of rotatable bonds is 8. The van der Waals surface area contributed by atoms with E-state index in [1.807, 2.05) is 24.3 Å². The van der Waals surface area contributed by atoms with E-state index in [0.29, 0.717) is 23.9 Å². The Bertz CT molecular complexity index is 1060. The predicted octanol–water partition coefficient (Wildman–Crippen LogP) is 0.880.